The lowest BCUT2D eigenvalue weighted by Crippen LogP contribution is -2.14. The van der Waals surface area contributed by atoms with Gasteiger partial charge in [0.05, 0.1) is 30.9 Å². The number of benzene rings is 2. The summed E-state index contributed by atoms with van der Waals surface area (Å²) >= 11 is 3.35. The molecular formula is C19H19BrO6. The number of halogens is 1. The summed E-state index contributed by atoms with van der Waals surface area (Å²) in [5.74, 6) is 0.492. The van der Waals surface area contributed by atoms with Crippen molar-refractivity contribution in [2.24, 2.45) is 0 Å². The van der Waals surface area contributed by atoms with Crippen molar-refractivity contribution in [3.8, 4) is 17.2 Å². The first-order valence-electron chi connectivity index (χ1n) is 7.84. The van der Waals surface area contributed by atoms with Crippen LogP contribution in [0.1, 0.15) is 27.6 Å². The van der Waals surface area contributed by atoms with Gasteiger partial charge in [0.25, 0.3) is 0 Å². The first kappa shape index (κ1) is 19.8. The van der Waals surface area contributed by atoms with E-state index in [9.17, 15) is 9.59 Å². The van der Waals surface area contributed by atoms with Crippen LogP contribution in [0.4, 0.5) is 0 Å². The van der Waals surface area contributed by atoms with Gasteiger partial charge in [-0.2, -0.15) is 0 Å². The summed E-state index contributed by atoms with van der Waals surface area (Å²) in [6, 6.07) is 9.72. The standard InChI is InChI=1S/C19H19BrO6/c1-4-25-18-15(20)9-13(10-17(18)24-3)19(22)26-11-16(21)12-6-5-7-14(8-12)23-2/h5-10H,4,11H2,1-3H3. The molecule has 0 bridgehead atoms. The van der Waals surface area contributed by atoms with Crippen LogP contribution in [0.5, 0.6) is 17.2 Å². The summed E-state index contributed by atoms with van der Waals surface area (Å²) in [4.78, 5) is 24.5. The van der Waals surface area contributed by atoms with Crippen LogP contribution in [0.15, 0.2) is 40.9 Å². The molecule has 0 saturated carbocycles. The molecule has 0 aromatic heterocycles. The summed E-state index contributed by atoms with van der Waals surface area (Å²) in [5, 5.41) is 0. The topological polar surface area (TPSA) is 71.1 Å². The van der Waals surface area contributed by atoms with Gasteiger partial charge in [0.15, 0.2) is 23.9 Å². The average molecular weight is 423 g/mol. The number of methoxy groups -OCH3 is 2. The van der Waals surface area contributed by atoms with Crippen molar-refractivity contribution in [3.05, 3.63) is 52.0 Å². The Kier molecular flexibility index (Phi) is 7.03. The summed E-state index contributed by atoms with van der Waals surface area (Å²) in [5.41, 5.74) is 0.651. The fraction of sp³-hybridized carbons (Fsp3) is 0.263. The highest BCUT2D eigenvalue weighted by atomic mass is 79.9. The predicted molar refractivity (Wildman–Crippen MR) is 99.5 cm³/mol. The Morgan fingerprint density at radius 2 is 1.81 bits per heavy atom. The van der Waals surface area contributed by atoms with E-state index in [1.165, 1.54) is 20.3 Å². The predicted octanol–water partition coefficient (Wildman–Crippen LogP) is 3.90. The van der Waals surface area contributed by atoms with Gasteiger partial charge in [0.2, 0.25) is 0 Å². The van der Waals surface area contributed by atoms with Gasteiger partial charge in [-0.15, -0.1) is 0 Å². The van der Waals surface area contributed by atoms with Crippen molar-refractivity contribution in [3.63, 3.8) is 0 Å². The lowest BCUT2D eigenvalue weighted by atomic mass is 10.1. The van der Waals surface area contributed by atoms with Crippen molar-refractivity contribution in [1.82, 2.24) is 0 Å². The first-order valence-corrected chi connectivity index (χ1v) is 8.64. The highest BCUT2D eigenvalue weighted by molar-refractivity contribution is 9.10. The van der Waals surface area contributed by atoms with Crippen molar-refractivity contribution in [1.29, 1.82) is 0 Å². The number of esters is 1. The maximum absolute atomic E-state index is 12.3. The molecular weight excluding hydrogens is 404 g/mol. The van der Waals surface area contributed by atoms with E-state index >= 15 is 0 Å². The van der Waals surface area contributed by atoms with Gasteiger partial charge in [-0.1, -0.05) is 12.1 Å². The number of hydrogen-bond acceptors (Lipinski definition) is 6. The molecule has 0 saturated heterocycles. The van der Waals surface area contributed by atoms with Crippen LogP contribution in [-0.4, -0.2) is 39.2 Å². The third kappa shape index (κ3) is 4.76. The van der Waals surface area contributed by atoms with Crippen LogP contribution >= 0.6 is 15.9 Å². The summed E-state index contributed by atoms with van der Waals surface area (Å²) in [6.45, 7) is 1.92. The molecule has 0 aliphatic heterocycles. The van der Waals surface area contributed by atoms with Gasteiger partial charge in [0, 0.05) is 5.56 Å². The molecule has 26 heavy (non-hydrogen) atoms. The van der Waals surface area contributed by atoms with Gasteiger partial charge < -0.3 is 18.9 Å². The smallest absolute Gasteiger partial charge is 0.338 e. The van der Waals surface area contributed by atoms with Crippen molar-refractivity contribution in [2.45, 2.75) is 6.92 Å². The Labute approximate surface area is 160 Å². The zero-order chi connectivity index (χ0) is 19.1. The molecule has 0 spiro atoms. The van der Waals surface area contributed by atoms with E-state index in [1.54, 1.807) is 30.3 Å². The van der Waals surface area contributed by atoms with E-state index < -0.39 is 5.97 Å². The average Bonchev–Trinajstić information content (AvgIpc) is 2.67. The van der Waals surface area contributed by atoms with Gasteiger partial charge in [-0.3, -0.25) is 4.79 Å². The lowest BCUT2D eigenvalue weighted by Gasteiger charge is -2.13. The zero-order valence-electron chi connectivity index (χ0n) is 14.7. The van der Waals surface area contributed by atoms with E-state index in [2.05, 4.69) is 15.9 Å². The maximum Gasteiger partial charge on any atom is 0.338 e. The summed E-state index contributed by atoms with van der Waals surface area (Å²) in [7, 11) is 2.99. The second-order valence-corrected chi connectivity index (χ2v) is 6.01. The minimum Gasteiger partial charge on any atom is -0.497 e. The fourth-order valence-electron chi connectivity index (χ4n) is 2.22. The molecule has 2 aromatic rings. The molecule has 0 unspecified atom stereocenters. The minimum absolute atomic E-state index is 0.246. The Balaban J connectivity index is 2.10. The molecule has 7 heteroatoms. The Bertz CT molecular complexity index is 803. The molecule has 2 aromatic carbocycles. The summed E-state index contributed by atoms with van der Waals surface area (Å²) in [6.07, 6.45) is 0. The third-order valence-corrected chi connectivity index (χ3v) is 4.07. The molecule has 0 aliphatic carbocycles. The number of carbonyl (C=O) groups excluding carboxylic acids is 2. The lowest BCUT2D eigenvalue weighted by molar-refractivity contribution is 0.0474. The molecule has 0 fully saturated rings. The van der Waals surface area contributed by atoms with E-state index in [1.807, 2.05) is 6.92 Å². The number of hydrogen-bond donors (Lipinski definition) is 0. The Morgan fingerprint density at radius 1 is 1.04 bits per heavy atom. The minimum atomic E-state index is -0.636. The molecule has 2 rings (SSSR count). The zero-order valence-corrected chi connectivity index (χ0v) is 16.3. The molecule has 0 heterocycles. The van der Waals surface area contributed by atoms with E-state index in [0.29, 0.717) is 33.9 Å². The quantitative estimate of drug-likeness (QED) is 0.474. The Hall–Kier alpha value is -2.54. The van der Waals surface area contributed by atoms with Crippen LogP contribution in [0.2, 0.25) is 0 Å². The fourth-order valence-corrected chi connectivity index (χ4v) is 2.77. The van der Waals surface area contributed by atoms with E-state index in [0.717, 1.165) is 0 Å². The molecule has 6 nitrogen and oxygen atoms in total. The maximum atomic E-state index is 12.3. The number of ether oxygens (including phenoxy) is 4. The molecule has 138 valence electrons. The highest BCUT2D eigenvalue weighted by Crippen LogP contribution is 2.36. The third-order valence-electron chi connectivity index (χ3n) is 3.48. The van der Waals surface area contributed by atoms with Gasteiger partial charge >= 0.3 is 5.97 Å². The largest absolute Gasteiger partial charge is 0.497 e. The number of Topliss-reactive ketones (excluding diaryl/α,β-unsaturated/α-hetero) is 1. The van der Waals surface area contributed by atoms with E-state index in [4.69, 9.17) is 18.9 Å². The first-order chi connectivity index (χ1) is 12.5. The van der Waals surface area contributed by atoms with Gasteiger partial charge in [-0.05, 0) is 47.1 Å². The SMILES string of the molecule is CCOc1c(Br)cc(C(=O)OCC(=O)c2cccc(OC)c2)cc1OC. The number of carbonyl (C=O) groups is 2. The van der Waals surface area contributed by atoms with Gasteiger partial charge in [-0.25, -0.2) is 4.79 Å². The van der Waals surface area contributed by atoms with Crippen molar-refractivity contribution in [2.75, 3.05) is 27.4 Å². The van der Waals surface area contributed by atoms with Crippen molar-refractivity contribution >= 4 is 27.7 Å². The Morgan fingerprint density at radius 3 is 2.46 bits per heavy atom. The molecule has 0 aliphatic rings. The van der Waals surface area contributed by atoms with Gasteiger partial charge in [0.1, 0.15) is 5.75 Å². The van der Waals surface area contributed by atoms with E-state index in [-0.39, 0.29) is 18.0 Å². The normalized spacial score (nSPS) is 10.2. The molecule has 0 amide bonds. The molecule has 0 radical (unpaired) electrons. The van der Waals surface area contributed by atoms with Crippen LogP contribution in [0.3, 0.4) is 0 Å². The van der Waals surface area contributed by atoms with Crippen LogP contribution in [0.25, 0.3) is 0 Å². The second kappa shape index (κ2) is 9.24. The molecule has 0 atom stereocenters. The molecule has 0 N–H and O–H groups in total. The van der Waals surface area contributed by atoms with Crippen LogP contribution < -0.4 is 14.2 Å². The monoisotopic (exact) mass is 422 g/mol. The van der Waals surface area contributed by atoms with Crippen LogP contribution in [0, 0.1) is 0 Å². The van der Waals surface area contributed by atoms with Crippen molar-refractivity contribution < 1.29 is 28.5 Å². The van der Waals surface area contributed by atoms with Crippen LogP contribution in [-0.2, 0) is 4.74 Å². The highest BCUT2D eigenvalue weighted by Gasteiger charge is 2.18. The number of rotatable bonds is 8. The number of ketones is 1. The summed E-state index contributed by atoms with van der Waals surface area (Å²) < 4.78 is 21.5. The second-order valence-electron chi connectivity index (χ2n) is 5.15.